The molecule has 0 radical (unpaired) electrons. The van der Waals surface area contributed by atoms with Crippen LogP contribution >= 0.6 is 11.3 Å². The van der Waals surface area contributed by atoms with Crippen molar-refractivity contribution >= 4 is 17.2 Å². The molecule has 4 nitrogen and oxygen atoms in total. The lowest BCUT2D eigenvalue weighted by Crippen LogP contribution is -2.29. The zero-order valence-electron chi connectivity index (χ0n) is 11.0. The van der Waals surface area contributed by atoms with Crippen LogP contribution in [-0.4, -0.2) is 37.0 Å². The summed E-state index contributed by atoms with van der Waals surface area (Å²) < 4.78 is 39.7. The second-order valence-electron chi connectivity index (χ2n) is 3.92. The second kappa shape index (κ2) is 8.67. The zero-order valence-corrected chi connectivity index (χ0v) is 11.8. The summed E-state index contributed by atoms with van der Waals surface area (Å²) in [6.45, 7) is -1.94. The first kappa shape index (κ1) is 17.5. The van der Waals surface area contributed by atoms with E-state index in [-0.39, 0.29) is 13.2 Å². The number of aliphatic hydroxyl groups is 1. The van der Waals surface area contributed by atoms with E-state index >= 15 is 0 Å². The summed E-state index contributed by atoms with van der Waals surface area (Å²) in [6, 6.07) is 1.77. The van der Waals surface area contributed by atoms with Crippen molar-refractivity contribution in [1.29, 1.82) is 0 Å². The van der Waals surface area contributed by atoms with Gasteiger partial charge in [-0.2, -0.15) is 13.2 Å². The minimum Gasteiger partial charge on any atom is -0.395 e. The van der Waals surface area contributed by atoms with Crippen molar-refractivity contribution in [3.8, 4) is 11.8 Å². The number of nitrogens with one attached hydrogen (secondary N) is 1. The van der Waals surface area contributed by atoms with E-state index in [9.17, 15) is 18.0 Å². The summed E-state index contributed by atoms with van der Waals surface area (Å²) in [4.78, 5) is 12.1. The van der Waals surface area contributed by atoms with Crippen molar-refractivity contribution in [2.45, 2.75) is 19.1 Å². The van der Waals surface area contributed by atoms with Crippen molar-refractivity contribution in [2.75, 3.05) is 19.8 Å². The quantitative estimate of drug-likeness (QED) is 0.784. The normalized spacial score (nSPS) is 10.9. The van der Waals surface area contributed by atoms with E-state index in [1.165, 1.54) is 11.3 Å². The highest BCUT2D eigenvalue weighted by Crippen LogP contribution is 2.16. The van der Waals surface area contributed by atoms with Crippen LogP contribution in [0.4, 0.5) is 13.2 Å². The molecule has 0 unspecified atom stereocenters. The first-order valence-corrected chi connectivity index (χ1v) is 6.87. The van der Waals surface area contributed by atoms with Crippen LogP contribution in [0.2, 0.25) is 0 Å². The minimum absolute atomic E-state index is 0.0280. The van der Waals surface area contributed by atoms with Gasteiger partial charge in [0.05, 0.1) is 13.2 Å². The molecule has 1 rings (SSSR count). The van der Waals surface area contributed by atoms with Gasteiger partial charge in [-0.05, 0) is 11.4 Å². The monoisotopic (exact) mass is 321 g/mol. The smallest absolute Gasteiger partial charge is 0.395 e. The second-order valence-corrected chi connectivity index (χ2v) is 4.92. The maximum atomic E-state index is 11.8. The average Bonchev–Trinajstić information content (AvgIpc) is 2.83. The highest BCUT2D eigenvalue weighted by Gasteiger charge is 2.27. The Hall–Kier alpha value is -1.56. The Morgan fingerprint density at radius 2 is 2.24 bits per heavy atom. The molecule has 0 bridgehead atoms. The number of hydrogen-bond donors (Lipinski definition) is 2. The van der Waals surface area contributed by atoms with Crippen LogP contribution in [0.3, 0.4) is 0 Å². The first-order chi connectivity index (χ1) is 9.92. The summed E-state index contributed by atoms with van der Waals surface area (Å²) in [5, 5.41) is 12.9. The van der Waals surface area contributed by atoms with Crippen molar-refractivity contribution in [3.05, 3.63) is 21.9 Å². The predicted molar refractivity (Wildman–Crippen MR) is 71.6 cm³/mol. The lowest BCUT2D eigenvalue weighted by atomic mass is 10.2. The zero-order chi connectivity index (χ0) is 15.7. The molecule has 8 heteroatoms. The van der Waals surface area contributed by atoms with E-state index in [4.69, 9.17) is 5.11 Å². The fourth-order valence-corrected chi connectivity index (χ4v) is 2.06. The number of carbonyl (C=O) groups is 1. The van der Waals surface area contributed by atoms with Crippen LogP contribution in [-0.2, 0) is 16.1 Å². The Morgan fingerprint density at radius 1 is 1.48 bits per heavy atom. The number of hydrogen-bond acceptors (Lipinski definition) is 4. The Balaban J connectivity index is 2.37. The van der Waals surface area contributed by atoms with Gasteiger partial charge >= 0.3 is 6.18 Å². The molecule has 1 amide bonds. The molecule has 1 aromatic heterocycles. The van der Waals surface area contributed by atoms with E-state index in [0.29, 0.717) is 6.42 Å². The van der Waals surface area contributed by atoms with Crippen LogP contribution in [0.15, 0.2) is 11.4 Å². The summed E-state index contributed by atoms with van der Waals surface area (Å²) in [7, 11) is 0. The fraction of sp³-hybridized carbons (Fsp3) is 0.462. The Bertz CT molecular complexity index is 517. The average molecular weight is 321 g/mol. The van der Waals surface area contributed by atoms with Crippen LogP contribution in [0.1, 0.15) is 16.9 Å². The van der Waals surface area contributed by atoms with Gasteiger partial charge in [-0.3, -0.25) is 4.79 Å². The number of carbonyl (C=O) groups excluding carboxylic acids is 1. The maximum absolute atomic E-state index is 11.8. The van der Waals surface area contributed by atoms with Crippen LogP contribution in [0, 0.1) is 11.8 Å². The van der Waals surface area contributed by atoms with Gasteiger partial charge in [0, 0.05) is 16.9 Å². The lowest BCUT2D eigenvalue weighted by Gasteiger charge is -2.08. The summed E-state index contributed by atoms with van der Waals surface area (Å²) in [5.41, 5.74) is 0.727. The van der Waals surface area contributed by atoms with Gasteiger partial charge < -0.3 is 15.2 Å². The molecule has 0 aliphatic rings. The number of aliphatic hydroxyl groups excluding tert-OH is 1. The first-order valence-electron chi connectivity index (χ1n) is 5.99. The molecule has 0 saturated heterocycles. The molecular formula is C13H14F3NO3S. The molecule has 2 N–H and O–H groups in total. The van der Waals surface area contributed by atoms with E-state index in [1.54, 1.807) is 11.4 Å². The third-order valence-electron chi connectivity index (χ3n) is 2.15. The highest BCUT2D eigenvalue weighted by atomic mass is 32.1. The van der Waals surface area contributed by atoms with E-state index in [2.05, 4.69) is 21.9 Å². The molecule has 21 heavy (non-hydrogen) atoms. The molecular weight excluding hydrogens is 307 g/mol. The molecule has 1 heterocycles. The summed E-state index contributed by atoms with van der Waals surface area (Å²) in [5.74, 6) is 4.99. The number of amides is 1. The van der Waals surface area contributed by atoms with Gasteiger partial charge in [-0.25, -0.2) is 0 Å². The van der Waals surface area contributed by atoms with Crippen molar-refractivity contribution in [2.24, 2.45) is 0 Å². The Labute approximate surface area is 123 Å². The SMILES string of the molecule is O=C(COCC(F)(F)F)NCc1sccc1C#CCCO. The predicted octanol–water partition coefficient (Wildman–Crippen LogP) is 1.68. The van der Waals surface area contributed by atoms with Gasteiger partial charge in [0.2, 0.25) is 5.91 Å². The molecule has 0 spiro atoms. The van der Waals surface area contributed by atoms with Crippen LogP contribution in [0.25, 0.3) is 0 Å². The molecule has 0 fully saturated rings. The molecule has 0 saturated carbocycles. The maximum Gasteiger partial charge on any atom is 0.411 e. The molecule has 0 aliphatic heterocycles. The molecule has 0 aliphatic carbocycles. The third-order valence-corrected chi connectivity index (χ3v) is 3.07. The van der Waals surface area contributed by atoms with Crippen LogP contribution < -0.4 is 5.32 Å². The van der Waals surface area contributed by atoms with Gasteiger partial charge in [0.25, 0.3) is 0 Å². The van der Waals surface area contributed by atoms with E-state index < -0.39 is 25.3 Å². The van der Waals surface area contributed by atoms with Gasteiger partial charge in [0.1, 0.15) is 13.2 Å². The van der Waals surface area contributed by atoms with E-state index in [1.807, 2.05) is 0 Å². The minimum atomic E-state index is -4.44. The summed E-state index contributed by atoms with van der Waals surface area (Å²) >= 11 is 1.38. The third kappa shape index (κ3) is 7.70. The largest absolute Gasteiger partial charge is 0.411 e. The van der Waals surface area contributed by atoms with Gasteiger partial charge in [0.15, 0.2) is 0 Å². The van der Waals surface area contributed by atoms with Crippen molar-refractivity contribution < 1.29 is 27.8 Å². The molecule has 0 atom stereocenters. The van der Waals surface area contributed by atoms with Gasteiger partial charge in [-0.1, -0.05) is 11.8 Å². The topological polar surface area (TPSA) is 58.6 Å². The number of alkyl halides is 3. The fourth-order valence-electron chi connectivity index (χ4n) is 1.29. The van der Waals surface area contributed by atoms with Gasteiger partial charge in [-0.15, -0.1) is 11.3 Å². The molecule has 0 aromatic carbocycles. The standard InChI is InChI=1S/C13H14F3NO3S/c14-13(15,16)9-20-8-12(19)17-7-11-10(4-6-21-11)3-1-2-5-18/h4,6,18H,2,5,7-9H2,(H,17,19). The number of halogens is 3. The Kier molecular flexibility index (Phi) is 7.22. The Morgan fingerprint density at radius 3 is 2.90 bits per heavy atom. The molecule has 1 aromatic rings. The number of ether oxygens (including phenoxy) is 1. The van der Waals surface area contributed by atoms with Crippen LogP contribution in [0.5, 0.6) is 0 Å². The van der Waals surface area contributed by atoms with Crippen molar-refractivity contribution in [1.82, 2.24) is 5.32 Å². The molecule has 116 valence electrons. The number of thiophene rings is 1. The van der Waals surface area contributed by atoms with E-state index in [0.717, 1.165) is 10.4 Å². The summed E-state index contributed by atoms with van der Waals surface area (Å²) in [6.07, 6.45) is -4.09. The lowest BCUT2D eigenvalue weighted by molar-refractivity contribution is -0.175. The highest BCUT2D eigenvalue weighted by molar-refractivity contribution is 7.10. The number of rotatable bonds is 6. The van der Waals surface area contributed by atoms with Crippen molar-refractivity contribution in [3.63, 3.8) is 0 Å².